The second-order valence-electron chi connectivity index (χ2n) is 7.86. The Morgan fingerprint density at radius 3 is 2.39 bits per heavy atom. The molecule has 0 fully saturated rings. The molecule has 1 N–H and O–H groups in total. The van der Waals surface area contributed by atoms with Crippen LogP contribution in [0, 0.1) is 20.8 Å². The van der Waals surface area contributed by atoms with E-state index in [1.54, 1.807) is 0 Å². The number of hydrogen-bond acceptors (Lipinski definition) is 5. The van der Waals surface area contributed by atoms with E-state index in [4.69, 9.17) is 0 Å². The van der Waals surface area contributed by atoms with Gasteiger partial charge >= 0.3 is 0 Å². The van der Waals surface area contributed by atoms with Crippen molar-refractivity contribution in [2.75, 3.05) is 0 Å². The van der Waals surface area contributed by atoms with Crippen molar-refractivity contribution in [2.45, 2.75) is 40.0 Å². The van der Waals surface area contributed by atoms with E-state index in [1.165, 1.54) is 12.4 Å². The van der Waals surface area contributed by atoms with E-state index in [2.05, 4.69) is 19.9 Å². The number of H-pyrrole nitrogens is 1. The van der Waals surface area contributed by atoms with Crippen molar-refractivity contribution < 1.29 is 9.59 Å². The molecule has 4 aromatic rings. The van der Waals surface area contributed by atoms with Gasteiger partial charge in [0.15, 0.2) is 11.6 Å². The molecule has 0 aliphatic rings. The summed E-state index contributed by atoms with van der Waals surface area (Å²) in [5, 5.41) is 0.894. The summed E-state index contributed by atoms with van der Waals surface area (Å²) in [6, 6.07) is 11.7. The standard InChI is InChI=1S/C25H24N4O2/c1-15-10-16(2)28-19(11-15)12-24-26-13-18(14-27-24)22(30)8-9-23(31)25-17(3)29-21-7-5-4-6-20(21)25/h4-7,10-11,13-14,29H,8-9,12H2,1-3H3. The van der Waals surface area contributed by atoms with Crippen LogP contribution in [0.25, 0.3) is 10.9 Å². The number of carbonyl (C=O) groups is 2. The highest BCUT2D eigenvalue weighted by molar-refractivity contribution is 6.10. The summed E-state index contributed by atoms with van der Waals surface area (Å²) in [6.07, 6.45) is 3.85. The van der Waals surface area contributed by atoms with Crippen LogP contribution in [0.2, 0.25) is 0 Å². The van der Waals surface area contributed by atoms with Gasteiger partial charge in [-0.1, -0.05) is 18.2 Å². The molecule has 0 radical (unpaired) electrons. The van der Waals surface area contributed by atoms with Gasteiger partial charge in [-0.05, 0) is 44.5 Å². The number of ketones is 2. The zero-order valence-corrected chi connectivity index (χ0v) is 17.9. The number of hydrogen-bond donors (Lipinski definition) is 1. The lowest BCUT2D eigenvalue weighted by atomic mass is 10.0. The first-order chi connectivity index (χ1) is 14.9. The maximum Gasteiger partial charge on any atom is 0.166 e. The van der Waals surface area contributed by atoms with Gasteiger partial charge < -0.3 is 4.98 Å². The van der Waals surface area contributed by atoms with Crippen molar-refractivity contribution in [2.24, 2.45) is 0 Å². The van der Waals surface area contributed by atoms with Gasteiger partial charge in [0.1, 0.15) is 5.82 Å². The first-order valence-electron chi connectivity index (χ1n) is 10.3. The van der Waals surface area contributed by atoms with Crippen LogP contribution in [-0.4, -0.2) is 31.5 Å². The molecule has 0 bridgehead atoms. The minimum absolute atomic E-state index is 0.0401. The summed E-state index contributed by atoms with van der Waals surface area (Å²) in [5.41, 5.74) is 5.83. The van der Waals surface area contributed by atoms with Gasteiger partial charge in [-0.15, -0.1) is 0 Å². The molecule has 0 atom stereocenters. The Bertz CT molecular complexity index is 1250. The Labute approximate surface area is 180 Å². The van der Waals surface area contributed by atoms with Crippen LogP contribution in [-0.2, 0) is 6.42 Å². The molecule has 31 heavy (non-hydrogen) atoms. The van der Waals surface area contributed by atoms with Gasteiger partial charge in [-0.25, -0.2) is 9.97 Å². The molecule has 4 rings (SSSR count). The van der Waals surface area contributed by atoms with Crippen LogP contribution in [0.15, 0.2) is 48.8 Å². The molecule has 1 aromatic carbocycles. The van der Waals surface area contributed by atoms with E-state index in [0.29, 0.717) is 23.4 Å². The minimum atomic E-state index is -0.137. The second kappa shape index (κ2) is 8.60. The number of aromatic nitrogens is 4. The minimum Gasteiger partial charge on any atom is -0.358 e. The van der Waals surface area contributed by atoms with Gasteiger partial charge in [0, 0.05) is 58.8 Å². The highest BCUT2D eigenvalue weighted by atomic mass is 16.1. The molecule has 0 aliphatic carbocycles. The summed E-state index contributed by atoms with van der Waals surface area (Å²) in [5.74, 6) is 0.434. The number of aryl methyl sites for hydroxylation is 3. The van der Waals surface area contributed by atoms with Gasteiger partial charge in [0.05, 0.1) is 12.0 Å². The van der Waals surface area contributed by atoms with Crippen LogP contribution in [0.5, 0.6) is 0 Å². The monoisotopic (exact) mass is 412 g/mol. The van der Waals surface area contributed by atoms with Crippen LogP contribution in [0.1, 0.15) is 62.0 Å². The third kappa shape index (κ3) is 4.58. The zero-order valence-electron chi connectivity index (χ0n) is 17.9. The molecule has 3 heterocycles. The third-order valence-corrected chi connectivity index (χ3v) is 5.27. The molecule has 0 unspecified atom stereocenters. The van der Waals surface area contributed by atoms with Gasteiger partial charge in [-0.3, -0.25) is 14.6 Å². The lowest BCUT2D eigenvalue weighted by Crippen LogP contribution is -2.08. The molecule has 0 amide bonds. The largest absolute Gasteiger partial charge is 0.358 e. The highest BCUT2D eigenvalue weighted by Crippen LogP contribution is 2.24. The topological polar surface area (TPSA) is 88.6 Å². The Morgan fingerprint density at radius 2 is 1.65 bits per heavy atom. The van der Waals surface area contributed by atoms with Crippen molar-refractivity contribution >= 4 is 22.5 Å². The lowest BCUT2D eigenvalue weighted by Gasteiger charge is -2.05. The SMILES string of the molecule is Cc1cc(C)nc(Cc2ncc(C(=O)CCC(=O)c3c(C)[nH]c4ccccc34)cn2)c1. The van der Waals surface area contributed by atoms with Crippen molar-refractivity contribution in [1.29, 1.82) is 0 Å². The summed E-state index contributed by atoms with van der Waals surface area (Å²) >= 11 is 0. The number of rotatable bonds is 7. The van der Waals surface area contributed by atoms with E-state index in [1.807, 2.05) is 57.2 Å². The van der Waals surface area contributed by atoms with Crippen molar-refractivity contribution in [1.82, 2.24) is 19.9 Å². The van der Waals surface area contributed by atoms with Crippen LogP contribution < -0.4 is 0 Å². The molecule has 0 spiro atoms. The fourth-order valence-corrected chi connectivity index (χ4v) is 3.90. The predicted octanol–water partition coefficient (Wildman–Crippen LogP) is 4.71. The number of Topliss-reactive ketones (excluding diaryl/α,β-unsaturated/α-hetero) is 2. The molecular weight excluding hydrogens is 388 g/mol. The number of benzene rings is 1. The number of nitrogens with one attached hydrogen (secondary N) is 1. The Kier molecular flexibility index (Phi) is 5.71. The van der Waals surface area contributed by atoms with E-state index in [-0.39, 0.29) is 24.4 Å². The molecule has 0 saturated carbocycles. The number of nitrogens with zero attached hydrogens (tertiary/aromatic N) is 3. The van der Waals surface area contributed by atoms with E-state index < -0.39 is 0 Å². The van der Waals surface area contributed by atoms with Crippen LogP contribution in [0.3, 0.4) is 0 Å². The number of aromatic amines is 1. The van der Waals surface area contributed by atoms with Crippen molar-refractivity contribution in [3.8, 4) is 0 Å². The summed E-state index contributed by atoms with van der Waals surface area (Å²) in [6.45, 7) is 5.87. The van der Waals surface area contributed by atoms with Crippen LogP contribution >= 0.6 is 0 Å². The normalized spacial score (nSPS) is 11.1. The Morgan fingerprint density at radius 1 is 0.935 bits per heavy atom. The second-order valence-corrected chi connectivity index (χ2v) is 7.86. The average molecular weight is 412 g/mol. The van der Waals surface area contributed by atoms with Crippen LogP contribution in [0.4, 0.5) is 0 Å². The van der Waals surface area contributed by atoms with Crippen molar-refractivity contribution in [3.63, 3.8) is 0 Å². The quantitative estimate of drug-likeness (QED) is 0.444. The Hall–Kier alpha value is -3.67. The molecule has 6 heteroatoms. The maximum atomic E-state index is 12.8. The lowest BCUT2D eigenvalue weighted by molar-refractivity contribution is 0.0917. The number of carbonyl (C=O) groups excluding carboxylic acids is 2. The van der Waals surface area contributed by atoms with E-state index >= 15 is 0 Å². The number of fused-ring (bicyclic) bond motifs is 1. The van der Waals surface area contributed by atoms with Gasteiger partial charge in [0.2, 0.25) is 0 Å². The molecule has 0 saturated heterocycles. The molecule has 3 aromatic heterocycles. The van der Waals surface area contributed by atoms with Gasteiger partial charge in [-0.2, -0.15) is 0 Å². The zero-order chi connectivity index (χ0) is 22.0. The summed E-state index contributed by atoms with van der Waals surface area (Å²) in [4.78, 5) is 41.7. The molecule has 0 aliphatic heterocycles. The maximum absolute atomic E-state index is 12.8. The van der Waals surface area contributed by atoms with Gasteiger partial charge in [0.25, 0.3) is 0 Å². The predicted molar refractivity (Wildman–Crippen MR) is 119 cm³/mol. The van der Waals surface area contributed by atoms with E-state index in [9.17, 15) is 9.59 Å². The fraction of sp³-hybridized carbons (Fsp3) is 0.240. The molecule has 6 nitrogen and oxygen atoms in total. The molecular formula is C25H24N4O2. The molecule has 156 valence electrons. The Balaban J connectivity index is 1.40. The van der Waals surface area contributed by atoms with Crippen molar-refractivity contribution in [3.05, 3.63) is 88.4 Å². The fourth-order valence-electron chi connectivity index (χ4n) is 3.90. The number of pyridine rings is 1. The third-order valence-electron chi connectivity index (χ3n) is 5.27. The summed E-state index contributed by atoms with van der Waals surface area (Å²) in [7, 11) is 0. The summed E-state index contributed by atoms with van der Waals surface area (Å²) < 4.78 is 0. The first-order valence-corrected chi connectivity index (χ1v) is 10.3. The smallest absolute Gasteiger partial charge is 0.166 e. The van der Waals surface area contributed by atoms with E-state index in [0.717, 1.165) is 33.5 Å². The highest BCUT2D eigenvalue weighted by Gasteiger charge is 2.17. The number of para-hydroxylation sites is 1. The first kappa shape index (κ1) is 20.6. The average Bonchev–Trinajstić information content (AvgIpc) is 3.07.